The summed E-state index contributed by atoms with van der Waals surface area (Å²) in [6, 6.07) is 0. The topological polar surface area (TPSA) is 69.7 Å². The van der Waals surface area contributed by atoms with Crippen LogP contribution in [0.15, 0.2) is 0 Å². The van der Waals surface area contributed by atoms with Crippen LogP contribution in [0.5, 0.6) is 0 Å². The van der Waals surface area contributed by atoms with Crippen molar-refractivity contribution >= 4 is 16.1 Å². The van der Waals surface area contributed by atoms with Crippen molar-refractivity contribution in [2.45, 2.75) is 11.9 Å². The molecule has 0 aliphatic carbocycles. The first-order valence-electron chi connectivity index (χ1n) is 3.23. The molecule has 84 valence electrons. The summed E-state index contributed by atoms with van der Waals surface area (Å²) in [6.45, 7) is -0.894. The van der Waals surface area contributed by atoms with E-state index in [0.717, 1.165) is 7.11 Å². The van der Waals surface area contributed by atoms with Gasteiger partial charge in [0.1, 0.15) is 0 Å². The molecule has 0 rings (SSSR count). The van der Waals surface area contributed by atoms with Crippen LogP contribution in [0.1, 0.15) is 6.42 Å². The molecule has 0 N–H and O–H groups in total. The summed E-state index contributed by atoms with van der Waals surface area (Å²) in [4.78, 5) is 10.4. The Balaban J connectivity index is 4.10. The van der Waals surface area contributed by atoms with E-state index in [4.69, 9.17) is 0 Å². The summed E-state index contributed by atoms with van der Waals surface area (Å²) >= 11 is 0. The van der Waals surface area contributed by atoms with Gasteiger partial charge in [-0.15, -0.1) is 0 Å². The molecule has 5 nitrogen and oxygen atoms in total. The molecule has 0 heterocycles. The minimum absolute atomic E-state index is 0.564. The van der Waals surface area contributed by atoms with Gasteiger partial charge >= 0.3 is 21.6 Å². The lowest BCUT2D eigenvalue weighted by molar-refractivity contribution is -0.141. The van der Waals surface area contributed by atoms with Gasteiger partial charge in [0.15, 0.2) is 0 Å². The lowest BCUT2D eigenvalue weighted by Gasteiger charge is -2.07. The number of hydrogen-bond donors (Lipinski definition) is 0. The summed E-state index contributed by atoms with van der Waals surface area (Å²) in [7, 11) is -4.59. The quantitative estimate of drug-likeness (QED) is 0.402. The van der Waals surface area contributed by atoms with E-state index >= 15 is 0 Å². The fraction of sp³-hybridized carbons (Fsp3) is 0.800. The number of carbonyl (C=O) groups excluding carboxylic acids is 1. The molecule has 0 bridgehead atoms. The van der Waals surface area contributed by atoms with Crippen molar-refractivity contribution < 1.29 is 35.3 Å². The van der Waals surface area contributed by atoms with E-state index in [9.17, 15) is 26.4 Å². The Morgan fingerprint density at radius 3 is 2.21 bits per heavy atom. The Kier molecular flexibility index (Phi) is 4.33. The number of rotatable bonds is 4. The molecule has 0 spiro atoms. The Labute approximate surface area is 77.9 Å². The van der Waals surface area contributed by atoms with Crippen LogP contribution >= 0.6 is 0 Å². The molecule has 0 aliphatic heterocycles. The molecule has 0 aliphatic rings. The number of ether oxygens (including phenoxy) is 1. The second-order valence-electron chi connectivity index (χ2n) is 2.05. The number of methoxy groups -OCH3 is 1. The number of alkyl halides is 3. The van der Waals surface area contributed by atoms with Crippen molar-refractivity contribution in [1.82, 2.24) is 0 Å². The molecule has 0 unspecified atom stereocenters. The summed E-state index contributed by atoms with van der Waals surface area (Å²) in [5.41, 5.74) is -5.47. The number of esters is 1. The predicted molar refractivity (Wildman–Crippen MR) is 37.6 cm³/mol. The van der Waals surface area contributed by atoms with Crippen molar-refractivity contribution in [3.8, 4) is 0 Å². The van der Waals surface area contributed by atoms with Gasteiger partial charge in [-0.05, 0) is 0 Å². The third-order valence-corrected chi connectivity index (χ3v) is 2.10. The second-order valence-corrected chi connectivity index (χ2v) is 3.65. The van der Waals surface area contributed by atoms with E-state index in [0.29, 0.717) is 0 Å². The molecule has 0 atom stereocenters. The number of halogens is 3. The maximum absolute atomic E-state index is 11.6. The average molecular weight is 236 g/mol. The van der Waals surface area contributed by atoms with Crippen LogP contribution in [-0.2, 0) is 23.8 Å². The molecule has 0 fully saturated rings. The van der Waals surface area contributed by atoms with E-state index in [1.807, 2.05) is 0 Å². The summed E-state index contributed by atoms with van der Waals surface area (Å²) < 4.78 is 62.8. The second kappa shape index (κ2) is 4.60. The van der Waals surface area contributed by atoms with Gasteiger partial charge in [-0.1, -0.05) is 0 Å². The molecule has 0 amide bonds. The van der Waals surface area contributed by atoms with Gasteiger partial charge in [0.2, 0.25) is 0 Å². The maximum atomic E-state index is 11.6. The largest absolute Gasteiger partial charge is 0.523 e. The van der Waals surface area contributed by atoms with Gasteiger partial charge in [0.05, 0.1) is 20.1 Å². The van der Waals surface area contributed by atoms with Crippen molar-refractivity contribution in [2.24, 2.45) is 0 Å². The van der Waals surface area contributed by atoms with Crippen molar-refractivity contribution in [3.63, 3.8) is 0 Å². The zero-order chi connectivity index (χ0) is 11.4. The molecule has 0 aromatic carbocycles. The highest BCUT2D eigenvalue weighted by atomic mass is 32.2. The molecule has 14 heavy (non-hydrogen) atoms. The highest BCUT2D eigenvalue weighted by Crippen LogP contribution is 2.24. The minimum Gasteiger partial charge on any atom is -0.469 e. The minimum atomic E-state index is -5.61. The van der Waals surface area contributed by atoms with Crippen LogP contribution in [0.3, 0.4) is 0 Å². The Morgan fingerprint density at radius 2 is 1.86 bits per heavy atom. The molecular weight excluding hydrogens is 229 g/mol. The fourth-order valence-corrected chi connectivity index (χ4v) is 0.840. The molecule has 0 aromatic rings. The lowest BCUT2D eigenvalue weighted by Crippen LogP contribution is -2.26. The average Bonchev–Trinajstić information content (AvgIpc) is 2.01. The number of carbonyl (C=O) groups is 1. The molecule has 0 radical (unpaired) electrons. The first kappa shape index (κ1) is 13.2. The van der Waals surface area contributed by atoms with E-state index < -0.39 is 34.6 Å². The van der Waals surface area contributed by atoms with E-state index in [1.54, 1.807) is 0 Å². The smallest absolute Gasteiger partial charge is 0.469 e. The van der Waals surface area contributed by atoms with Crippen LogP contribution < -0.4 is 0 Å². The molecule has 0 saturated heterocycles. The fourth-order valence-electron chi connectivity index (χ4n) is 0.404. The van der Waals surface area contributed by atoms with E-state index in [-0.39, 0.29) is 0 Å². The van der Waals surface area contributed by atoms with Gasteiger partial charge in [0.25, 0.3) is 0 Å². The normalized spacial score (nSPS) is 12.6. The SMILES string of the molecule is COC(=O)CCOS(=O)(=O)C(F)(F)F. The highest BCUT2D eigenvalue weighted by molar-refractivity contribution is 7.87. The van der Waals surface area contributed by atoms with Crippen LogP contribution in [0, 0.1) is 0 Å². The van der Waals surface area contributed by atoms with Crippen molar-refractivity contribution in [2.75, 3.05) is 13.7 Å². The third kappa shape index (κ3) is 3.92. The maximum Gasteiger partial charge on any atom is 0.523 e. The zero-order valence-corrected chi connectivity index (χ0v) is 7.81. The van der Waals surface area contributed by atoms with Crippen molar-refractivity contribution in [1.29, 1.82) is 0 Å². The lowest BCUT2D eigenvalue weighted by atomic mass is 10.5. The Morgan fingerprint density at radius 1 is 1.36 bits per heavy atom. The van der Waals surface area contributed by atoms with Gasteiger partial charge in [-0.2, -0.15) is 21.6 Å². The molecule has 0 saturated carbocycles. The number of hydrogen-bond acceptors (Lipinski definition) is 5. The van der Waals surface area contributed by atoms with E-state index in [1.165, 1.54) is 0 Å². The van der Waals surface area contributed by atoms with E-state index in [2.05, 4.69) is 8.92 Å². The van der Waals surface area contributed by atoms with Crippen LogP contribution in [0.2, 0.25) is 0 Å². The first-order valence-corrected chi connectivity index (χ1v) is 4.64. The van der Waals surface area contributed by atoms with Crippen LogP contribution in [0.4, 0.5) is 13.2 Å². The third-order valence-electron chi connectivity index (χ3n) is 1.06. The molecular formula is C5H7F3O5S. The predicted octanol–water partition coefficient (Wildman–Crippen LogP) is 0.416. The summed E-state index contributed by atoms with van der Waals surface area (Å²) in [5, 5.41) is 0. The Hall–Kier alpha value is -0.830. The molecule has 0 aromatic heterocycles. The van der Waals surface area contributed by atoms with Gasteiger partial charge in [-0.3, -0.25) is 8.98 Å². The van der Waals surface area contributed by atoms with Gasteiger partial charge in [-0.25, -0.2) is 0 Å². The van der Waals surface area contributed by atoms with Gasteiger partial charge < -0.3 is 4.74 Å². The molecule has 9 heteroatoms. The van der Waals surface area contributed by atoms with Crippen LogP contribution in [-0.4, -0.2) is 33.6 Å². The van der Waals surface area contributed by atoms with Crippen molar-refractivity contribution in [3.05, 3.63) is 0 Å². The van der Waals surface area contributed by atoms with Gasteiger partial charge in [0, 0.05) is 0 Å². The Bertz CT molecular complexity index is 293. The first-order chi connectivity index (χ1) is 6.20. The highest BCUT2D eigenvalue weighted by Gasteiger charge is 2.47. The monoisotopic (exact) mass is 236 g/mol. The zero-order valence-electron chi connectivity index (χ0n) is 7.00. The van der Waals surface area contributed by atoms with Crippen LogP contribution in [0.25, 0.3) is 0 Å². The summed E-state index contributed by atoms with van der Waals surface area (Å²) in [6.07, 6.45) is -0.564. The standard InChI is InChI=1S/C5H7F3O5S/c1-12-4(9)2-3-13-14(10,11)5(6,7)8/h2-3H2,1H3. The summed E-state index contributed by atoms with van der Waals surface area (Å²) in [5.74, 6) is -0.859.